The molecule has 0 fully saturated rings. The first-order valence-electron chi connectivity index (χ1n) is 6.40. The Morgan fingerprint density at radius 2 is 1.75 bits per heavy atom. The van der Waals surface area contributed by atoms with E-state index in [1.165, 1.54) is 18.2 Å². The summed E-state index contributed by atoms with van der Waals surface area (Å²) >= 11 is 0. The van der Waals surface area contributed by atoms with Crippen molar-refractivity contribution in [2.24, 2.45) is 0 Å². The second kappa shape index (κ2) is 5.69. The van der Waals surface area contributed by atoms with Crippen molar-refractivity contribution in [3.05, 3.63) is 40.2 Å². The topological polar surface area (TPSA) is 90.9 Å². The van der Waals surface area contributed by atoms with E-state index < -0.39 is 5.63 Å². The smallest absolute Gasteiger partial charge is 0.339 e. The number of hydrogen-bond donors (Lipinski definition) is 3. The molecule has 1 heterocycles. The lowest BCUT2D eigenvalue weighted by molar-refractivity contribution is 0.441. The van der Waals surface area contributed by atoms with Crippen LogP contribution in [-0.2, 0) is 6.42 Å². The highest BCUT2D eigenvalue weighted by Gasteiger charge is 2.15. The first kappa shape index (κ1) is 14.0. The molecule has 0 unspecified atom stereocenters. The maximum Gasteiger partial charge on any atom is 0.339 e. The Morgan fingerprint density at radius 3 is 2.40 bits per heavy atom. The number of rotatable bonds is 4. The normalized spacial score (nSPS) is 10.7. The second-order valence-corrected chi connectivity index (χ2v) is 4.60. The van der Waals surface area contributed by atoms with Gasteiger partial charge in [0, 0.05) is 12.1 Å². The zero-order valence-corrected chi connectivity index (χ0v) is 11.1. The molecule has 1 aromatic carbocycles. The van der Waals surface area contributed by atoms with Crippen LogP contribution < -0.4 is 5.63 Å². The largest absolute Gasteiger partial charge is 0.508 e. The molecule has 20 heavy (non-hydrogen) atoms. The molecule has 0 aliphatic rings. The van der Waals surface area contributed by atoms with Gasteiger partial charge in [-0.2, -0.15) is 0 Å². The number of phenolic OH excluding ortho intramolecular Hbond substituents is 2. The molecule has 1 aromatic heterocycles. The quantitative estimate of drug-likeness (QED) is 0.798. The van der Waals surface area contributed by atoms with Gasteiger partial charge in [-0.05, 0) is 24.5 Å². The number of aromatic hydroxyl groups is 3. The summed E-state index contributed by atoms with van der Waals surface area (Å²) in [6, 6.07) is 4.92. The first-order chi connectivity index (χ1) is 9.51. The molecule has 0 aliphatic carbocycles. The van der Waals surface area contributed by atoms with Crippen molar-refractivity contribution in [1.82, 2.24) is 0 Å². The highest BCUT2D eigenvalue weighted by molar-refractivity contribution is 5.71. The number of benzene rings is 1. The highest BCUT2D eigenvalue weighted by atomic mass is 16.4. The fourth-order valence-electron chi connectivity index (χ4n) is 2.11. The van der Waals surface area contributed by atoms with Gasteiger partial charge >= 0.3 is 5.63 Å². The Morgan fingerprint density at radius 1 is 1.05 bits per heavy atom. The van der Waals surface area contributed by atoms with Crippen molar-refractivity contribution < 1.29 is 19.7 Å². The summed E-state index contributed by atoms with van der Waals surface area (Å²) in [5.41, 5.74) is 0.288. The standard InChI is InChI=1S/C15H16O5/c1-2-3-4-9-5-10(16)6-12(18)15(9)13-7-11(17)8-14(19)20-13/h5-8,16-18H,2-4H2,1H3. The molecule has 5 nitrogen and oxygen atoms in total. The summed E-state index contributed by atoms with van der Waals surface area (Å²) in [5, 5.41) is 29.1. The number of phenols is 2. The summed E-state index contributed by atoms with van der Waals surface area (Å²) in [7, 11) is 0. The molecule has 2 rings (SSSR count). The summed E-state index contributed by atoms with van der Waals surface area (Å²) in [5.74, 6) is -0.395. The second-order valence-electron chi connectivity index (χ2n) is 4.60. The Hall–Kier alpha value is -2.43. The molecular formula is C15H16O5. The molecule has 106 valence electrons. The van der Waals surface area contributed by atoms with Crippen molar-refractivity contribution in [3.8, 4) is 28.6 Å². The van der Waals surface area contributed by atoms with Crippen molar-refractivity contribution in [2.45, 2.75) is 26.2 Å². The number of unbranched alkanes of at least 4 members (excludes halogenated alkanes) is 1. The van der Waals surface area contributed by atoms with Gasteiger partial charge < -0.3 is 19.7 Å². The molecular weight excluding hydrogens is 260 g/mol. The summed E-state index contributed by atoms with van der Waals surface area (Å²) < 4.78 is 5.03. The molecule has 0 bridgehead atoms. The van der Waals surface area contributed by atoms with Gasteiger partial charge in [-0.15, -0.1) is 0 Å². The van der Waals surface area contributed by atoms with Gasteiger partial charge in [-0.1, -0.05) is 13.3 Å². The minimum Gasteiger partial charge on any atom is -0.508 e. The van der Waals surface area contributed by atoms with Crippen LogP contribution in [0.15, 0.2) is 33.5 Å². The van der Waals surface area contributed by atoms with Crippen LogP contribution in [-0.4, -0.2) is 15.3 Å². The van der Waals surface area contributed by atoms with E-state index >= 15 is 0 Å². The minimum atomic E-state index is -0.700. The van der Waals surface area contributed by atoms with Crippen LogP contribution in [0.4, 0.5) is 0 Å². The predicted octanol–water partition coefficient (Wildman–Crippen LogP) is 2.77. The minimum absolute atomic E-state index is 0.0557. The third-order valence-electron chi connectivity index (χ3n) is 2.99. The van der Waals surface area contributed by atoms with Gasteiger partial charge in [0.25, 0.3) is 0 Å². The van der Waals surface area contributed by atoms with Crippen molar-refractivity contribution in [2.75, 3.05) is 0 Å². The van der Waals surface area contributed by atoms with Gasteiger partial charge in [0.2, 0.25) is 0 Å². The van der Waals surface area contributed by atoms with E-state index in [9.17, 15) is 20.1 Å². The Balaban J connectivity index is 2.61. The van der Waals surface area contributed by atoms with Crippen molar-refractivity contribution >= 4 is 0 Å². The van der Waals surface area contributed by atoms with E-state index in [4.69, 9.17) is 4.42 Å². The summed E-state index contributed by atoms with van der Waals surface area (Å²) in [6.07, 6.45) is 2.42. The number of aryl methyl sites for hydroxylation is 1. The lowest BCUT2D eigenvalue weighted by Crippen LogP contribution is -1.98. The van der Waals surface area contributed by atoms with E-state index in [0.717, 1.165) is 18.9 Å². The Bertz CT molecular complexity index is 672. The monoisotopic (exact) mass is 276 g/mol. The van der Waals surface area contributed by atoms with Gasteiger partial charge in [0.05, 0.1) is 11.6 Å². The molecule has 0 saturated heterocycles. The molecule has 0 spiro atoms. The third-order valence-corrected chi connectivity index (χ3v) is 2.99. The average molecular weight is 276 g/mol. The summed E-state index contributed by atoms with van der Waals surface area (Å²) in [4.78, 5) is 11.3. The maximum absolute atomic E-state index is 11.3. The van der Waals surface area contributed by atoms with Crippen LogP contribution in [0.1, 0.15) is 25.3 Å². The van der Waals surface area contributed by atoms with Gasteiger partial charge in [0.15, 0.2) is 0 Å². The maximum atomic E-state index is 11.3. The van der Waals surface area contributed by atoms with E-state index in [0.29, 0.717) is 17.5 Å². The molecule has 3 N–H and O–H groups in total. The fraction of sp³-hybridized carbons (Fsp3) is 0.267. The van der Waals surface area contributed by atoms with Crippen molar-refractivity contribution in [1.29, 1.82) is 0 Å². The van der Waals surface area contributed by atoms with E-state index in [-0.39, 0.29) is 23.0 Å². The van der Waals surface area contributed by atoms with E-state index in [2.05, 4.69) is 0 Å². The lowest BCUT2D eigenvalue weighted by Gasteiger charge is -2.11. The van der Waals surface area contributed by atoms with Crippen LogP contribution in [0, 0.1) is 0 Å². The molecule has 2 aromatic rings. The van der Waals surface area contributed by atoms with Crippen LogP contribution in [0.3, 0.4) is 0 Å². The Kier molecular flexibility index (Phi) is 3.98. The first-order valence-corrected chi connectivity index (χ1v) is 6.40. The fourth-order valence-corrected chi connectivity index (χ4v) is 2.11. The average Bonchev–Trinajstić information content (AvgIpc) is 2.34. The third kappa shape index (κ3) is 2.93. The molecule has 0 atom stereocenters. The molecule has 5 heteroatoms. The number of hydrogen-bond acceptors (Lipinski definition) is 5. The van der Waals surface area contributed by atoms with Crippen LogP contribution >= 0.6 is 0 Å². The van der Waals surface area contributed by atoms with Gasteiger partial charge in [-0.25, -0.2) is 4.79 Å². The van der Waals surface area contributed by atoms with Crippen LogP contribution in [0.5, 0.6) is 17.2 Å². The molecule has 0 saturated carbocycles. The van der Waals surface area contributed by atoms with E-state index in [1.807, 2.05) is 6.92 Å². The van der Waals surface area contributed by atoms with Gasteiger partial charge in [-0.3, -0.25) is 0 Å². The summed E-state index contributed by atoms with van der Waals surface area (Å²) in [6.45, 7) is 2.02. The zero-order chi connectivity index (χ0) is 14.7. The SMILES string of the molecule is CCCCc1cc(O)cc(O)c1-c1cc(O)cc(=O)o1. The molecule has 0 radical (unpaired) electrons. The Labute approximate surface area is 115 Å². The zero-order valence-electron chi connectivity index (χ0n) is 11.1. The van der Waals surface area contributed by atoms with Gasteiger partial charge in [0.1, 0.15) is 23.0 Å². The van der Waals surface area contributed by atoms with Crippen LogP contribution in [0.2, 0.25) is 0 Å². The van der Waals surface area contributed by atoms with E-state index in [1.54, 1.807) is 0 Å². The lowest BCUT2D eigenvalue weighted by atomic mass is 9.98. The highest BCUT2D eigenvalue weighted by Crippen LogP contribution is 2.37. The molecule has 0 amide bonds. The van der Waals surface area contributed by atoms with Crippen LogP contribution in [0.25, 0.3) is 11.3 Å². The molecule has 0 aliphatic heterocycles. The predicted molar refractivity (Wildman–Crippen MR) is 74.0 cm³/mol. The van der Waals surface area contributed by atoms with Crippen molar-refractivity contribution in [3.63, 3.8) is 0 Å².